The molecular weight excluding hydrogens is 218 g/mol. The van der Waals surface area contributed by atoms with Gasteiger partial charge in [0, 0.05) is 10.6 Å². The highest BCUT2D eigenvalue weighted by molar-refractivity contribution is 6.30. The molecule has 1 nitrogen and oxygen atoms in total. The van der Waals surface area contributed by atoms with Crippen LogP contribution in [0, 0.1) is 5.41 Å². The van der Waals surface area contributed by atoms with E-state index in [0.29, 0.717) is 0 Å². The van der Waals surface area contributed by atoms with Crippen LogP contribution < -0.4 is 5.73 Å². The Bertz CT molecular complexity index is 386. The second-order valence-corrected chi connectivity index (χ2v) is 6.14. The molecule has 1 aromatic rings. The van der Waals surface area contributed by atoms with Crippen LogP contribution in [0.25, 0.3) is 0 Å². The zero-order valence-electron chi connectivity index (χ0n) is 10.1. The molecule has 0 heterocycles. The van der Waals surface area contributed by atoms with Crippen LogP contribution in [0.4, 0.5) is 0 Å². The molecule has 0 bridgehead atoms. The molecule has 0 aromatic heterocycles. The van der Waals surface area contributed by atoms with Crippen LogP contribution in [0.1, 0.15) is 38.7 Å². The maximum absolute atomic E-state index is 6.58. The first kappa shape index (κ1) is 11.9. The topological polar surface area (TPSA) is 26.0 Å². The molecule has 0 saturated heterocycles. The van der Waals surface area contributed by atoms with Gasteiger partial charge < -0.3 is 5.73 Å². The maximum Gasteiger partial charge on any atom is 0.0408 e. The van der Waals surface area contributed by atoms with E-state index in [0.717, 1.165) is 17.9 Å². The van der Waals surface area contributed by atoms with Crippen LogP contribution in [0.15, 0.2) is 24.3 Å². The van der Waals surface area contributed by atoms with Gasteiger partial charge in [-0.05, 0) is 42.4 Å². The molecule has 1 unspecified atom stereocenters. The molecule has 1 saturated carbocycles. The van der Waals surface area contributed by atoms with E-state index < -0.39 is 0 Å². The van der Waals surface area contributed by atoms with Crippen LogP contribution in [0.2, 0.25) is 5.02 Å². The van der Waals surface area contributed by atoms with Crippen LogP contribution in [-0.4, -0.2) is 5.54 Å². The van der Waals surface area contributed by atoms with E-state index in [2.05, 4.69) is 19.9 Å². The van der Waals surface area contributed by atoms with Crippen molar-refractivity contribution in [1.82, 2.24) is 0 Å². The molecule has 2 heteroatoms. The summed E-state index contributed by atoms with van der Waals surface area (Å²) in [5, 5.41) is 0.803. The Labute approximate surface area is 103 Å². The summed E-state index contributed by atoms with van der Waals surface area (Å²) in [6.07, 6.45) is 4.52. The van der Waals surface area contributed by atoms with E-state index >= 15 is 0 Å². The zero-order chi connectivity index (χ0) is 11.8. The van der Waals surface area contributed by atoms with E-state index in [1.807, 2.05) is 18.2 Å². The van der Waals surface area contributed by atoms with Gasteiger partial charge in [-0.25, -0.2) is 0 Å². The zero-order valence-corrected chi connectivity index (χ0v) is 10.8. The van der Waals surface area contributed by atoms with Crippen molar-refractivity contribution in [2.45, 2.75) is 45.1 Å². The van der Waals surface area contributed by atoms with Crippen molar-refractivity contribution in [3.63, 3.8) is 0 Å². The molecule has 16 heavy (non-hydrogen) atoms. The number of hydrogen-bond acceptors (Lipinski definition) is 1. The van der Waals surface area contributed by atoms with Crippen LogP contribution in [-0.2, 0) is 6.42 Å². The average molecular weight is 238 g/mol. The molecular formula is C14H20ClN. The monoisotopic (exact) mass is 237 g/mol. The van der Waals surface area contributed by atoms with Gasteiger partial charge in [0.1, 0.15) is 0 Å². The number of rotatable bonds is 2. The molecule has 2 N–H and O–H groups in total. The molecule has 0 amide bonds. The Hall–Kier alpha value is -0.530. The smallest absolute Gasteiger partial charge is 0.0408 e. The Morgan fingerprint density at radius 2 is 2.06 bits per heavy atom. The normalized spacial score (nSPS) is 28.2. The van der Waals surface area contributed by atoms with Crippen molar-refractivity contribution in [3.8, 4) is 0 Å². The molecule has 1 aromatic carbocycles. The number of halogens is 1. The summed E-state index contributed by atoms with van der Waals surface area (Å²) in [5.74, 6) is 0. The maximum atomic E-state index is 6.58. The lowest BCUT2D eigenvalue weighted by Crippen LogP contribution is -2.50. The number of benzene rings is 1. The van der Waals surface area contributed by atoms with Crippen molar-refractivity contribution < 1.29 is 0 Å². The summed E-state index contributed by atoms with van der Waals surface area (Å²) >= 11 is 6.01. The van der Waals surface area contributed by atoms with Gasteiger partial charge in [0.05, 0.1) is 0 Å². The van der Waals surface area contributed by atoms with Crippen LogP contribution >= 0.6 is 11.6 Å². The lowest BCUT2D eigenvalue weighted by Gasteiger charge is -2.38. The van der Waals surface area contributed by atoms with Gasteiger partial charge >= 0.3 is 0 Å². The molecule has 2 rings (SSSR count). The van der Waals surface area contributed by atoms with E-state index in [-0.39, 0.29) is 11.0 Å². The van der Waals surface area contributed by atoms with Crippen molar-refractivity contribution >= 4 is 11.6 Å². The summed E-state index contributed by atoms with van der Waals surface area (Å²) in [7, 11) is 0. The van der Waals surface area contributed by atoms with Crippen LogP contribution in [0.3, 0.4) is 0 Å². The molecule has 0 spiro atoms. The van der Waals surface area contributed by atoms with Gasteiger partial charge in [0.15, 0.2) is 0 Å². The summed E-state index contributed by atoms with van der Waals surface area (Å²) in [6.45, 7) is 4.56. The second kappa shape index (κ2) is 4.05. The fourth-order valence-electron chi connectivity index (χ4n) is 2.77. The van der Waals surface area contributed by atoms with Crippen molar-refractivity contribution in [2.75, 3.05) is 0 Å². The lowest BCUT2D eigenvalue weighted by molar-refractivity contribution is 0.207. The molecule has 1 atom stereocenters. The van der Waals surface area contributed by atoms with E-state index in [9.17, 15) is 0 Å². The van der Waals surface area contributed by atoms with Gasteiger partial charge in [-0.15, -0.1) is 0 Å². The first-order valence-electron chi connectivity index (χ1n) is 5.96. The van der Waals surface area contributed by atoms with Gasteiger partial charge in [-0.3, -0.25) is 0 Å². The third-order valence-electron chi connectivity index (χ3n) is 4.18. The first-order valence-corrected chi connectivity index (χ1v) is 6.34. The van der Waals surface area contributed by atoms with Crippen LogP contribution in [0.5, 0.6) is 0 Å². The SMILES string of the molecule is CC1(C)CCCC1(N)Cc1cccc(Cl)c1. The van der Waals surface area contributed by atoms with Crippen molar-refractivity contribution in [1.29, 1.82) is 0 Å². The highest BCUT2D eigenvalue weighted by Gasteiger charge is 2.45. The van der Waals surface area contributed by atoms with Gasteiger partial charge in [0.25, 0.3) is 0 Å². The fraction of sp³-hybridized carbons (Fsp3) is 0.571. The predicted octanol–water partition coefficient (Wildman–Crippen LogP) is 3.79. The minimum absolute atomic E-state index is 0.0717. The molecule has 1 aliphatic carbocycles. The van der Waals surface area contributed by atoms with Gasteiger partial charge in [0.2, 0.25) is 0 Å². The summed E-state index contributed by atoms with van der Waals surface area (Å²) < 4.78 is 0. The average Bonchev–Trinajstić information content (AvgIpc) is 2.41. The third kappa shape index (κ3) is 2.11. The Kier molecular flexibility index (Phi) is 3.02. The highest BCUT2D eigenvalue weighted by atomic mass is 35.5. The fourth-order valence-corrected chi connectivity index (χ4v) is 2.98. The third-order valence-corrected chi connectivity index (χ3v) is 4.42. The lowest BCUT2D eigenvalue weighted by atomic mass is 9.72. The largest absolute Gasteiger partial charge is 0.324 e. The minimum atomic E-state index is -0.0717. The van der Waals surface area contributed by atoms with Gasteiger partial charge in [-0.2, -0.15) is 0 Å². The van der Waals surface area contributed by atoms with Crippen molar-refractivity contribution in [2.24, 2.45) is 11.1 Å². The summed E-state index contributed by atoms with van der Waals surface area (Å²) in [4.78, 5) is 0. The second-order valence-electron chi connectivity index (χ2n) is 5.70. The molecule has 1 aliphatic rings. The Morgan fingerprint density at radius 1 is 1.31 bits per heavy atom. The summed E-state index contributed by atoms with van der Waals surface area (Å²) in [5.41, 5.74) is 7.99. The van der Waals surface area contributed by atoms with Gasteiger partial charge in [-0.1, -0.05) is 44.0 Å². The first-order chi connectivity index (χ1) is 7.43. The Morgan fingerprint density at radius 3 is 2.62 bits per heavy atom. The predicted molar refractivity (Wildman–Crippen MR) is 69.7 cm³/mol. The van der Waals surface area contributed by atoms with E-state index in [1.165, 1.54) is 18.4 Å². The molecule has 0 radical (unpaired) electrons. The quantitative estimate of drug-likeness (QED) is 0.832. The molecule has 0 aliphatic heterocycles. The molecule has 88 valence electrons. The minimum Gasteiger partial charge on any atom is -0.324 e. The number of hydrogen-bond donors (Lipinski definition) is 1. The van der Waals surface area contributed by atoms with E-state index in [4.69, 9.17) is 17.3 Å². The Balaban J connectivity index is 2.21. The van der Waals surface area contributed by atoms with Crippen molar-refractivity contribution in [3.05, 3.63) is 34.9 Å². The standard InChI is InChI=1S/C14H20ClN/c1-13(2)7-4-8-14(13,16)10-11-5-3-6-12(15)9-11/h3,5-6,9H,4,7-8,10,16H2,1-2H3. The number of nitrogens with two attached hydrogens (primary N) is 1. The molecule has 1 fully saturated rings. The van der Waals surface area contributed by atoms with E-state index in [1.54, 1.807) is 0 Å². The summed E-state index contributed by atoms with van der Waals surface area (Å²) in [6, 6.07) is 8.07. The highest BCUT2D eigenvalue weighted by Crippen LogP contribution is 2.45.